The lowest BCUT2D eigenvalue weighted by molar-refractivity contribution is 0.230. The van der Waals surface area contributed by atoms with Crippen LogP contribution in [0.25, 0.3) is 6.08 Å². The van der Waals surface area contributed by atoms with Gasteiger partial charge in [-0.2, -0.15) is 5.10 Å². The van der Waals surface area contributed by atoms with Gasteiger partial charge in [0.25, 0.3) is 5.56 Å². The van der Waals surface area contributed by atoms with Crippen molar-refractivity contribution < 1.29 is 4.74 Å². The standard InChI is InChI=1S/C20H19ClN2O2S/c21-17-8-4-3-7-15(17)14-6-2-1-5-13(14)12-26-19-16-11-25-10-9-18(16)22-23-20(19)24/h3-5,7-10,14H,1-2,6,11-12H2,(H,23,24). The quantitative estimate of drug-likeness (QED) is 0.599. The summed E-state index contributed by atoms with van der Waals surface area (Å²) in [7, 11) is 0. The molecule has 0 saturated carbocycles. The Balaban J connectivity index is 1.59. The first-order chi connectivity index (χ1) is 12.7. The van der Waals surface area contributed by atoms with Gasteiger partial charge in [-0.1, -0.05) is 41.4 Å². The molecule has 134 valence electrons. The molecule has 4 nitrogen and oxygen atoms in total. The van der Waals surface area contributed by atoms with E-state index in [4.69, 9.17) is 16.3 Å². The molecule has 0 radical (unpaired) electrons. The molecule has 26 heavy (non-hydrogen) atoms. The smallest absolute Gasteiger partial charge is 0.278 e. The summed E-state index contributed by atoms with van der Waals surface area (Å²) >= 11 is 8.00. The minimum atomic E-state index is -0.154. The Morgan fingerprint density at radius 1 is 1.35 bits per heavy atom. The minimum absolute atomic E-state index is 0.154. The number of ether oxygens (including phenoxy) is 1. The van der Waals surface area contributed by atoms with Crippen molar-refractivity contribution in [3.63, 3.8) is 0 Å². The van der Waals surface area contributed by atoms with Gasteiger partial charge in [0.05, 0.1) is 16.9 Å². The van der Waals surface area contributed by atoms with Crippen molar-refractivity contribution in [1.82, 2.24) is 10.2 Å². The number of rotatable bonds is 4. The number of hydrogen-bond acceptors (Lipinski definition) is 4. The maximum Gasteiger partial charge on any atom is 0.278 e. The van der Waals surface area contributed by atoms with Crippen LogP contribution in [-0.2, 0) is 11.3 Å². The second kappa shape index (κ2) is 7.72. The van der Waals surface area contributed by atoms with Crippen molar-refractivity contribution >= 4 is 29.4 Å². The summed E-state index contributed by atoms with van der Waals surface area (Å²) in [6.45, 7) is 0.387. The summed E-state index contributed by atoms with van der Waals surface area (Å²) in [5, 5.41) is 7.51. The molecule has 1 aliphatic heterocycles. The van der Waals surface area contributed by atoms with Gasteiger partial charge in [-0.3, -0.25) is 4.79 Å². The summed E-state index contributed by atoms with van der Waals surface area (Å²) in [4.78, 5) is 13.0. The SMILES string of the molecule is O=c1[nH]nc2c(c1SCC1=CCCCC1c1ccccc1Cl)COC=C2. The van der Waals surface area contributed by atoms with Crippen LogP contribution in [0.3, 0.4) is 0 Å². The van der Waals surface area contributed by atoms with E-state index in [0.29, 0.717) is 17.4 Å². The fraction of sp³-hybridized carbons (Fsp3) is 0.300. The number of allylic oxidation sites excluding steroid dienone is 1. The second-order valence-corrected chi connectivity index (χ2v) is 7.82. The number of benzene rings is 1. The van der Waals surface area contributed by atoms with Crippen LogP contribution in [0.5, 0.6) is 0 Å². The van der Waals surface area contributed by atoms with E-state index in [-0.39, 0.29) is 5.56 Å². The first-order valence-electron chi connectivity index (χ1n) is 8.70. The Morgan fingerprint density at radius 2 is 2.23 bits per heavy atom. The number of aromatic amines is 1. The van der Waals surface area contributed by atoms with Crippen molar-refractivity contribution in [3.05, 3.63) is 74.4 Å². The van der Waals surface area contributed by atoms with Crippen molar-refractivity contribution in [3.8, 4) is 0 Å². The van der Waals surface area contributed by atoms with Gasteiger partial charge in [0.15, 0.2) is 0 Å². The summed E-state index contributed by atoms with van der Waals surface area (Å²) in [5.41, 5.74) is 4.01. The summed E-state index contributed by atoms with van der Waals surface area (Å²) in [6, 6.07) is 8.05. The molecule has 1 aromatic carbocycles. The first-order valence-corrected chi connectivity index (χ1v) is 10.1. The third-order valence-corrected chi connectivity index (χ3v) is 6.37. The molecule has 0 bridgehead atoms. The summed E-state index contributed by atoms with van der Waals surface area (Å²) in [6.07, 6.45) is 9.03. The van der Waals surface area contributed by atoms with Gasteiger partial charge in [0.2, 0.25) is 0 Å². The van der Waals surface area contributed by atoms with Gasteiger partial charge in [-0.15, -0.1) is 11.8 Å². The predicted octanol–water partition coefficient (Wildman–Crippen LogP) is 4.91. The number of H-pyrrole nitrogens is 1. The van der Waals surface area contributed by atoms with E-state index in [1.165, 1.54) is 11.1 Å². The van der Waals surface area contributed by atoms with E-state index in [1.54, 1.807) is 24.1 Å². The van der Waals surface area contributed by atoms with Crippen molar-refractivity contribution in [1.29, 1.82) is 0 Å². The van der Waals surface area contributed by atoms with E-state index in [2.05, 4.69) is 22.3 Å². The summed E-state index contributed by atoms with van der Waals surface area (Å²) < 4.78 is 5.37. The van der Waals surface area contributed by atoms with E-state index in [1.807, 2.05) is 18.2 Å². The molecule has 1 aliphatic carbocycles. The average molecular weight is 387 g/mol. The molecule has 4 rings (SSSR count). The zero-order chi connectivity index (χ0) is 17.9. The second-order valence-electron chi connectivity index (χ2n) is 6.43. The third kappa shape index (κ3) is 3.46. The van der Waals surface area contributed by atoms with Gasteiger partial charge in [-0.05, 0) is 30.9 Å². The van der Waals surface area contributed by atoms with Gasteiger partial charge in [0, 0.05) is 28.3 Å². The lowest BCUT2D eigenvalue weighted by Crippen LogP contribution is -2.18. The largest absolute Gasteiger partial charge is 0.496 e. The topological polar surface area (TPSA) is 55.0 Å². The molecule has 1 N–H and O–H groups in total. The van der Waals surface area contributed by atoms with Crippen molar-refractivity contribution in [2.45, 2.75) is 36.7 Å². The van der Waals surface area contributed by atoms with Gasteiger partial charge < -0.3 is 4.74 Å². The Bertz CT molecular complexity index is 936. The van der Waals surface area contributed by atoms with Gasteiger partial charge in [0.1, 0.15) is 6.61 Å². The molecule has 2 aromatic rings. The number of aromatic nitrogens is 2. The predicted molar refractivity (Wildman–Crippen MR) is 106 cm³/mol. The Hall–Kier alpha value is -1.98. The van der Waals surface area contributed by atoms with Crippen LogP contribution < -0.4 is 5.56 Å². The van der Waals surface area contributed by atoms with Crippen LogP contribution in [0.2, 0.25) is 5.02 Å². The van der Waals surface area contributed by atoms with Crippen LogP contribution in [0.1, 0.15) is 42.0 Å². The lowest BCUT2D eigenvalue weighted by Gasteiger charge is -2.26. The third-order valence-electron chi connectivity index (χ3n) is 4.83. The van der Waals surface area contributed by atoms with Gasteiger partial charge in [-0.25, -0.2) is 5.10 Å². The van der Waals surface area contributed by atoms with Crippen LogP contribution >= 0.6 is 23.4 Å². The minimum Gasteiger partial charge on any atom is -0.496 e. The van der Waals surface area contributed by atoms with Crippen LogP contribution in [0.4, 0.5) is 0 Å². The maximum absolute atomic E-state index is 12.3. The number of hydrogen-bond donors (Lipinski definition) is 1. The highest BCUT2D eigenvalue weighted by Gasteiger charge is 2.23. The molecule has 2 heterocycles. The maximum atomic E-state index is 12.3. The van der Waals surface area contributed by atoms with Crippen molar-refractivity contribution in [2.75, 3.05) is 5.75 Å². The van der Waals surface area contributed by atoms with Crippen LogP contribution in [0, 0.1) is 0 Å². The molecular weight excluding hydrogens is 368 g/mol. The molecule has 1 aromatic heterocycles. The monoisotopic (exact) mass is 386 g/mol. The highest BCUT2D eigenvalue weighted by molar-refractivity contribution is 7.99. The molecule has 0 fully saturated rings. The van der Waals surface area contributed by atoms with E-state index in [9.17, 15) is 4.79 Å². The zero-order valence-corrected chi connectivity index (χ0v) is 15.8. The fourth-order valence-electron chi connectivity index (χ4n) is 3.52. The highest BCUT2D eigenvalue weighted by atomic mass is 35.5. The number of fused-ring (bicyclic) bond motifs is 1. The Morgan fingerprint density at radius 3 is 3.12 bits per heavy atom. The normalized spacial score (nSPS) is 18.8. The number of thioether (sulfide) groups is 1. The summed E-state index contributed by atoms with van der Waals surface area (Å²) in [5.74, 6) is 1.08. The van der Waals surface area contributed by atoms with Gasteiger partial charge >= 0.3 is 0 Å². The van der Waals surface area contributed by atoms with E-state index < -0.39 is 0 Å². The van der Waals surface area contributed by atoms with Crippen LogP contribution in [-0.4, -0.2) is 16.0 Å². The molecule has 0 saturated heterocycles. The number of nitrogens with zero attached hydrogens (tertiary/aromatic N) is 1. The molecule has 6 heteroatoms. The highest BCUT2D eigenvalue weighted by Crippen LogP contribution is 2.39. The van der Waals surface area contributed by atoms with Crippen LogP contribution in [0.15, 0.2) is 51.9 Å². The average Bonchev–Trinajstić information content (AvgIpc) is 2.68. The molecule has 1 unspecified atom stereocenters. The number of halogens is 1. The van der Waals surface area contributed by atoms with E-state index >= 15 is 0 Å². The molecule has 0 spiro atoms. The fourth-order valence-corrected chi connectivity index (χ4v) is 4.93. The van der Waals surface area contributed by atoms with Crippen molar-refractivity contribution in [2.24, 2.45) is 0 Å². The molecular formula is C20H19ClN2O2S. The Labute approximate surface area is 161 Å². The lowest BCUT2D eigenvalue weighted by atomic mass is 9.83. The zero-order valence-electron chi connectivity index (χ0n) is 14.2. The molecule has 2 aliphatic rings. The first kappa shape index (κ1) is 17.4. The molecule has 0 amide bonds. The van der Waals surface area contributed by atoms with E-state index in [0.717, 1.165) is 41.3 Å². The number of nitrogens with one attached hydrogen (secondary N) is 1. The molecule has 1 atom stereocenters. The Kier molecular flexibility index (Phi) is 5.18.